The standard InChI is InChI=1S/C22H26N4O2S3/c1-25(15-21-23-17-7-3-5-9-19(17)29-21)11-13-31(27,28)14-12-26(2)16-22-24-18-8-4-6-10-20(18)30-22/h3-10H,11-16H2,1-2H3. The zero-order valence-corrected chi connectivity index (χ0v) is 20.1. The van der Waals surface area contributed by atoms with E-state index in [2.05, 4.69) is 22.1 Å². The highest BCUT2D eigenvalue weighted by Gasteiger charge is 2.15. The first-order valence-electron chi connectivity index (χ1n) is 10.1. The highest BCUT2D eigenvalue weighted by atomic mass is 32.2. The maximum atomic E-state index is 12.5. The predicted octanol–water partition coefficient (Wildman–Crippen LogP) is 3.88. The predicted molar refractivity (Wildman–Crippen MR) is 131 cm³/mol. The van der Waals surface area contributed by atoms with Gasteiger partial charge in [0.05, 0.1) is 45.0 Å². The molecule has 0 atom stereocenters. The van der Waals surface area contributed by atoms with Crippen LogP contribution < -0.4 is 0 Å². The van der Waals surface area contributed by atoms with Gasteiger partial charge in [-0.15, -0.1) is 22.7 Å². The van der Waals surface area contributed by atoms with Crippen LogP contribution >= 0.6 is 22.7 Å². The number of para-hydroxylation sites is 2. The van der Waals surface area contributed by atoms with Crippen LogP contribution in [0.25, 0.3) is 20.4 Å². The Morgan fingerprint density at radius 2 is 1.16 bits per heavy atom. The van der Waals surface area contributed by atoms with E-state index < -0.39 is 9.84 Å². The molecule has 2 heterocycles. The summed E-state index contributed by atoms with van der Waals surface area (Å²) >= 11 is 3.32. The molecule has 0 N–H and O–H groups in total. The van der Waals surface area contributed by atoms with Crippen molar-refractivity contribution in [3.8, 4) is 0 Å². The lowest BCUT2D eigenvalue weighted by Gasteiger charge is -2.17. The average Bonchev–Trinajstić information content (AvgIpc) is 3.33. The molecule has 0 saturated heterocycles. The third kappa shape index (κ3) is 6.08. The first-order valence-corrected chi connectivity index (χ1v) is 13.6. The van der Waals surface area contributed by atoms with E-state index in [-0.39, 0.29) is 11.5 Å². The second-order valence-corrected chi connectivity index (χ2v) is 12.3. The molecule has 0 aliphatic carbocycles. The van der Waals surface area contributed by atoms with Crippen molar-refractivity contribution in [2.45, 2.75) is 13.1 Å². The summed E-state index contributed by atoms with van der Waals surface area (Å²) in [4.78, 5) is 13.3. The summed E-state index contributed by atoms with van der Waals surface area (Å²) in [6.07, 6.45) is 0. The van der Waals surface area contributed by atoms with Gasteiger partial charge in [-0.05, 0) is 38.4 Å². The highest BCUT2D eigenvalue weighted by Crippen LogP contribution is 2.23. The van der Waals surface area contributed by atoms with Crippen molar-refractivity contribution < 1.29 is 8.42 Å². The van der Waals surface area contributed by atoms with Crippen molar-refractivity contribution in [3.63, 3.8) is 0 Å². The molecule has 164 valence electrons. The number of nitrogens with zero attached hydrogens (tertiary/aromatic N) is 4. The Labute approximate surface area is 191 Å². The first-order chi connectivity index (χ1) is 14.9. The van der Waals surface area contributed by atoms with Gasteiger partial charge in [0.2, 0.25) is 0 Å². The fourth-order valence-corrected chi connectivity index (χ4v) is 6.77. The Balaban J connectivity index is 1.23. The van der Waals surface area contributed by atoms with Gasteiger partial charge >= 0.3 is 0 Å². The minimum atomic E-state index is -3.12. The topological polar surface area (TPSA) is 66.4 Å². The number of fused-ring (bicyclic) bond motifs is 2. The van der Waals surface area contributed by atoms with Crippen LogP contribution in [-0.2, 0) is 22.9 Å². The van der Waals surface area contributed by atoms with E-state index >= 15 is 0 Å². The number of rotatable bonds is 10. The minimum absolute atomic E-state index is 0.156. The first kappa shape index (κ1) is 22.3. The van der Waals surface area contributed by atoms with Crippen molar-refractivity contribution in [1.29, 1.82) is 0 Å². The monoisotopic (exact) mass is 474 g/mol. The molecule has 4 rings (SSSR count). The largest absolute Gasteiger partial charge is 0.299 e. The van der Waals surface area contributed by atoms with Gasteiger partial charge in [-0.1, -0.05) is 24.3 Å². The molecule has 0 fully saturated rings. The number of aromatic nitrogens is 2. The molecule has 0 radical (unpaired) electrons. The number of hydrogen-bond acceptors (Lipinski definition) is 8. The Bertz CT molecular complexity index is 1110. The van der Waals surface area contributed by atoms with E-state index in [1.807, 2.05) is 60.3 Å². The van der Waals surface area contributed by atoms with Gasteiger partial charge < -0.3 is 0 Å². The average molecular weight is 475 g/mol. The molecule has 0 aliphatic rings. The van der Waals surface area contributed by atoms with Gasteiger partial charge in [0, 0.05) is 13.1 Å². The summed E-state index contributed by atoms with van der Waals surface area (Å²) in [6.45, 7) is 2.32. The highest BCUT2D eigenvalue weighted by molar-refractivity contribution is 7.91. The molecule has 0 aliphatic heterocycles. The van der Waals surface area contributed by atoms with E-state index in [1.54, 1.807) is 22.7 Å². The van der Waals surface area contributed by atoms with Gasteiger partial charge in [0.25, 0.3) is 0 Å². The van der Waals surface area contributed by atoms with E-state index in [4.69, 9.17) is 0 Å². The molecule has 2 aromatic heterocycles. The van der Waals surface area contributed by atoms with Gasteiger partial charge in [-0.3, -0.25) is 9.80 Å². The SMILES string of the molecule is CN(CCS(=O)(=O)CCN(C)Cc1nc2ccccc2s1)Cc1nc2ccccc2s1. The summed E-state index contributed by atoms with van der Waals surface area (Å²) in [5, 5.41) is 2.02. The molecule has 6 nitrogen and oxygen atoms in total. The van der Waals surface area contributed by atoms with Gasteiger partial charge in [0.1, 0.15) is 10.0 Å². The van der Waals surface area contributed by atoms with E-state index in [0.717, 1.165) is 30.4 Å². The summed E-state index contributed by atoms with van der Waals surface area (Å²) in [7, 11) is 0.768. The lowest BCUT2D eigenvalue weighted by Crippen LogP contribution is -2.30. The number of thiazole rings is 2. The second kappa shape index (κ2) is 9.70. The molecule has 2 aromatic carbocycles. The Kier molecular flexibility index (Phi) is 6.98. The Morgan fingerprint density at radius 3 is 1.58 bits per heavy atom. The van der Waals surface area contributed by atoms with Crippen LogP contribution in [0.5, 0.6) is 0 Å². The van der Waals surface area contributed by atoms with Crippen LogP contribution in [0.1, 0.15) is 10.0 Å². The fraction of sp³-hybridized carbons (Fsp3) is 0.364. The van der Waals surface area contributed by atoms with E-state index in [1.165, 1.54) is 0 Å². The van der Waals surface area contributed by atoms with Crippen LogP contribution in [-0.4, -0.2) is 66.9 Å². The van der Waals surface area contributed by atoms with Crippen molar-refractivity contribution in [1.82, 2.24) is 19.8 Å². The summed E-state index contributed by atoms with van der Waals surface area (Å²) in [5.74, 6) is 0.312. The normalized spacial score (nSPS) is 12.5. The molecule has 9 heteroatoms. The Morgan fingerprint density at radius 1 is 0.742 bits per heavy atom. The van der Waals surface area contributed by atoms with Crippen LogP contribution in [0, 0.1) is 0 Å². The third-order valence-corrected chi connectivity index (χ3v) is 8.71. The quantitative estimate of drug-likeness (QED) is 0.347. The lowest BCUT2D eigenvalue weighted by atomic mass is 10.3. The van der Waals surface area contributed by atoms with Crippen molar-refractivity contribution >= 4 is 52.9 Å². The maximum Gasteiger partial charge on any atom is 0.152 e. The zero-order chi connectivity index (χ0) is 21.8. The van der Waals surface area contributed by atoms with Crippen LogP contribution in [0.2, 0.25) is 0 Å². The summed E-state index contributed by atoms with van der Waals surface area (Å²) in [5.41, 5.74) is 2.00. The van der Waals surface area contributed by atoms with E-state index in [0.29, 0.717) is 26.2 Å². The summed E-state index contributed by atoms with van der Waals surface area (Å²) in [6, 6.07) is 16.1. The van der Waals surface area contributed by atoms with Crippen molar-refractivity contribution in [2.24, 2.45) is 0 Å². The summed E-state index contributed by atoms with van der Waals surface area (Å²) < 4.78 is 27.4. The van der Waals surface area contributed by atoms with Gasteiger partial charge in [0.15, 0.2) is 9.84 Å². The smallest absolute Gasteiger partial charge is 0.152 e. The number of sulfone groups is 1. The van der Waals surface area contributed by atoms with Crippen LogP contribution in [0.4, 0.5) is 0 Å². The fourth-order valence-electron chi connectivity index (χ4n) is 3.29. The van der Waals surface area contributed by atoms with Crippen LogP contribution in [0.15, 0.2) is 48.5 Å². The number of hydrogen-bond donors (Lipinski definition) is 0. The molecule has 4 aromatic rings. The molecule has 0 bridgehead atoms. The second-order valence-electron chi connectivity index (χ2n) is 7.78. The number of benzene rings is 2. The minimum Gasteiger partial charge on any atom is -0.299 e. The molecular formula is C22H26N4O2S3. The van der Waals surface area contributed by atoms with Gasteiger partial charge in [-0.2, -0.15) is 0 Å². The molecular weight excluding hydrogens is 448 g/mol. The van der Waals surface area contributed by atoms with E-state index in [9.17, 15) is 8.42 Å². The molecule has 0 saturated carbocycles. The lowest BCUT2D eigenvalue weighted by molar-refractivity contribution is 0.339. The molecule has 0 spiro atoms. The van der Waals surface area contributed by atoms with Crippen molar-refractivity contribution in [3.05, 3.63) is 58.5 Å². The molecule has 0 unspecified atom stereocenters. The zero-order valence-electron chi connectivity index (χ0n) is 17.7. The molecule has 0 amide bonds. The Hall–Kier alpha value is -1.91. The van der Waals surface area contributed by atoms with Gasteiger partial charge in [-0.25, -0.2) is 18.4 Å². The molecule has 31 heavy (non-hydrogen) atoms. The third-order valence-electron chi connectivity index (χ3n) is 5.05. The van der Waals surface area contributed by atoms with Crippen molar-refractivity contribution in [2.75, 3.05) is 38.7 Å². The van der Waals surface area contributed by atoms with Crippen LogP contribution in [0.3, 0.4) is 0 Å². The maximum absolute atomic E-state index is 12.5.